The number of Topliss-reactive ketones (excluding diaryl/α,β-unsaturated/α-hetero) is 2. The van der Waals surface area contributed by atoms with E-state index in [1.807, 2.05) is 31.2 Å². The number of aryl methyl sites for hydroxylation is 1. The zero-order valence-electron chi connectivity index (χ0n) is 21.4. The maximum Gasteiger partial charge on any atom is 0.336 e. The van der Waals surface area contributed by atoms with Crippen LogP contribution in [0.1, 0.15) is 65.9 Å². The summed E-state index contributed by atoms with van der Waals surface area (Å²) in [7, 11) is 0. The molecule has 0 saturated heterocycles. The highest BCUT2D eigenvalue weighted by atomic mass is 16.5. The number of aromatic carboxylic acids is 2. The highest BCUT2D eigenvalue weighted by Crippen LogP contribution is 2.36. The standard InChI is InChI=1S/C32H26O7/c1-3-27(33)23-6-4-8-25(31(35)36)29(23)30-24(7-5-9-26(30)32(37)38)28(34)18-20-12-16-22(17-13-20)39-21-14-10-19(2)11-15-21/h4-17H,3,18H2,1-2H3,(H,35,36)(H,37,38). The summed E-state index contributed by atoms with van der Waals surface area (Å²) >= 11 is 0. The Morgan fingerprint density at radius 3 is 1.51 bits per heavy atom. The van der Waals surface area contributed by atoms with Crippen molar-refractivity contribution < 1.29 is 34.1 Å². The van der Waals surface area contributed by atoms with Gasteiger partial charge in [0.1, 0.15) is 11.5 Å². The lowest BCUT2D eigenvalue weighted by Gasteiger charge is -2.18. The molecule has 0 aliphatic carbocycles. The molecular weight excluding hydrogens is 496 g/mol. The van der Waals surface area contributed by atoms with Crippen molar-refractivity contribution in [1.29, 1.82) is 0 Å². The number of ether oxygens (including phenoxy) is 1. The molecule has 0 atom stereocenters. The van der Waals surface area contributed by atoms with Gasteiger partial charge in [0.05, 0.1) is 11.1 Å². The first-order valence-corrected chi connectivity index (χ1v) is 12.3. The second-order valence-electron chi connectivity index (χ2n) is 9.00. The molecule has 0 aliphatic heterocycles. The fraction of sp³-hybridized carbons (Fsp3) is 0.125. The number of carbonyl (C=O) groups is 4. The van der Waals surface area contributed by atoms with Gasteiger partial charge in [0, 0.05) is 35.1 Å². The Labute approximate surface area is 225 Å². The summed E-state index contributed by atoms with van der Waals surface area (Å²) in [5, 5.41) is 19.8. The van der Waals surface area contributed by atoms with Crippen LogP contribution >= 0.6 is 0 Å². The average Bonchev–Trinajstić information content (AvgIpc) is 2.93. The normalized spacial score (nSPS) is 10.6. The summed E-state index contributed by atoms with van der Waals surface area (Å²) in [5.74, 6) is -2.20. The molecule has 0 heterocycles. The molecule has 0 aromatic heterocycles. The first-order valence-electron chi connectivity index (χ1n) is 12.3. The van der Waals surface area contributed by atoms with E-state index >= 15 is 0 Å². The number of hydrogen-bond donors (Lipinski definition) is 2. The Morgan fingerprint density at radius 1 is 0.615 bits per heavy atom. The zero-order valence-corrected chi connectivity index (χ0v) is 21.4. The van der Waals surface area contributed by atoms with Crippen molar-refractivity contribution in [2.45, 2.75) is 26.7 Å². The number of benzene rings is 4. The van der Waals surface area contributed by atoms with Gasteiger partial charge in [0.2, 0.25) is 0 Å². The SMILES string of the molecule is CCC(=O)c1cccc(C(=O)O)c1-c1c(C(=O)O)cccc1C(=O)Cc1ccc(Oc2ccc(C)cc2)cc1. The maximum absolute atomic E-state index is 13.6. The van der Waals surface area contributed by atoms with Crippen molar-refractivity contribution >= 4 is 23.5 Å². The van der Waals surface area contributed by atoms with Gasteiger partial charge in [-0.15, -0.1) is 0 Å². The number of rotatable bonds is 10. The van der Waals surface area contributed by atoms with E-state index in [9.17, 15) is 29.4 Å². The van der Waals surface area contributed by atoms with Crippen molar-refractivity contribution in [1.82, 2.24) is 0 Å². The largest absolute Gasteiger partial charge is 0.478 e. The van der Waals surface area contributed by atoms with Crippen molar-refractivity contribution in [2.24, 2.45) is 0 Å². The minimum Gasteiger partial charge on any atom is -0.478 e. The summed E-state index contributed by atoms with van der Waals surface area (Å²) in [6.07, 6.45) is -0.00121. The zero-order chi connectivity index (χ0) is 28.1. The molecule has 4 aromatic carbocycles. The van der Waals surface area contributed by atoms with Gasteiger partial charge in [-0.25, -0.2) is 9.59 Å². The van der Waals surface area contributed by atoms with Crippen LogP contribution < -0.4 is 4.74 Å². The highest BCUT2D eigenvalue weighted by Gasteiger charge is 2.27. The third-order valence-corrected chi connectivity index (χ3v) is 6.31. The summed E-state index contributed by atoms with van der Waals surface area (Å²) < 4.78 is 5.84. The predicted molar refractivity (Wildman–Crippen MR) is 146 cm³/mol. The Bertz CT molecular complexity index is 1570. The quantitative estimate of drug-likeness (QED) is 0.218. The van der Waals surface area contributed by atoms with Gasteiger partial charge in [-0.1, -0.05) is 61.0 Å². The van der Waals surface area contributed by atoms with Gasteiger partial charge in [0.15, 0.2) is 11.6 Å². The molecular formula is C32H26O7. The van der Waals surface area contributed by atoms with E-state index < -0.39 is 17.7 Å². The van der Waals surface area contributed by atoms with Crippen LogP contribution in [0.2, 0.25) is 0 Å². The third-order valence-electron chi connectivity index (χ3n) is 6.31. The Kier molecular flexibility index (Phi) is 8.01. The van der Waals surface area contributed by atoms with Gasteiger partial charge in [0.25, 0.3) is 0 Å². The number of carboxylic acid groups (broad SMARTS) is 2. The van der Waals surface area contributed by atoms with Gasteiger partial charge < -0.3 is 14.9 Å². The maximum atomic E-state index is 13.6. The number of carboxylic acids is 2. The van der Waals surface area contributed by atoms with Crippen molar-refractivity contribution in [2.75, 3.05) is 0 Å². The van der Waals surface area contributed by atoms with Gasteiger partial charge >= 0.3 is 11.9 Å². The summed E-state index contributed by atoms with van der Waals surface area (Å²) in [4.78, 5) is 50.7. The van der Waals surface area contributed by atoms with E-state index in [1.165, 1.54) is 36.4 Å². The van der Waals surface area contributed by atoms with Crippen LogP contribution in [0.5, 0.6) is 11.5 Å². The first-order chi connectivity index (χ1) is 18.7. The fourth-order valence-corrected chi connectivity index (χ4v) is 4.35. The molecule has 0 radical (unpaired) electrons. The van der Waals surface area contributed by atoms with Crippen LogP contribution in [-0.2, 0) is 6.42 Å². The molecule has 7 nitrogen and oxygen atoms in total. The Balaban J connectivity index is 1.74. The molecule has 0 amide bonds. The van der Waals surface area contributed by atoms with Crippen LogP contribution in [0.3, 0.4) is 0 Å². The lowest BCUT2D eigenvalue weighted by atomic mass is 9.84. The summed E-state index contributed by atoms with van der Waals surface area (Å²) in [6.45, 7) is 3.61. The van der Waals surface area contributed by atoms with E-state index in [0.29, 0.717) is 17.1 Å². The predicted octanol–water partition coefficient (Wildman–Crippen LogP) is 6.87. The molecule has 0 saturated carbocycles. The molecule has 4 aromatic rings. The minimum atomic E-state index is -1.34. The van der Waals surface area contributed by atoms with E-state index in [0.717, 1.165) is 5.56 Å². The van der Waals surface area contributed by atoms with Crippen molar-refractivity contribution in [3.63, 3.8) is 0 Å². The van der Waals surface area contributed by atoms with Gasteiger partial charge in [-0.2, -0.15) is 0 Å². The molecule has 0 unspecified atom stereocenters. The molecule has 0 fully saturated rings. The lowest BCUT2D eigenvalue weighted by molar-refractivity contribution is 0.0684. The van der Waals surface area contributed by atoms with Crippen molar-refractivity contribution in [3.8, 4) is 22.6 Å². The molecule has 0 bridgehead atoms. The lowest BCUT2D eigenvalue weighted by Crippen LogP contribution is -2.14. The highest BCUT2D eigenvalue weighted by molar-refractivity contribution is 6.15. The average molecular weight is 523 g/mol. The monoisotopic (exact) mass is 522 g/mol. The third kappa shape index (κ3) is 5.93. The second-order valence-corrected chi connectivity index (χ2v) is 9.00. The molecule has 39 heavy (non-hydrogen) atoms. The van der Waals surface area contributed by atoms with Crippen LogP contribution in [0.25, 0.3) is 11.1 Å². The van der Waals surface area contributed by atoms with Crippen LogP contribution in [-0.4, -0.2) is 33.7 Å². The second kappa shape index (κ2) is 11.6. The topological polar surface area (TPSA) is 118 Å². The molecule has 2 N–H and O–H groups in total. The summed E-state index contributed by atoms with van der Waals surface area (Å²) in [6, 6.07) is 22.9. The van der Waals surface area contributed by atoms with E-state index in [1.54, 1.807) is 31.2 Å². The molecule has 4 rings (SSSR count). The number of ketones is 2. The number of hydrogen-bond acceptors (Lipinski definition) is 5. The van der Waals surface area contributed by atoms with Gasteiger partial charge in [-0.05, 0) is 48.9 Å². The van der Waals surface area contributed by atoms with Gasteiger partial charge in [-0.3, -0.25) is 9.59 Å². The molecule has 196 valence electrons. The van der Waals surface area contributed by atoms with Crippen molar-refractivity contribution in [3.05, 3.63) is 118 Å². The number of carbonyl (C=O) groups excluding carboxylic acids is 2. The first kappa shape index (κ1) is 27.0. The Hall–Kier alpha value is -5.04. The fourth-order valence-electron chi connectivity index (χ4n) is 4.35. The molecule has 7 heteroatoms. The Morgan fingerprint density at radius 2 is 1.05 bits per heavy atom. The molecule has 0 aliphatic rings. The van der Waals surface area contributed by atoms with Crippen LogP contribution in [0.15, 0.2) is 84.9 Å². The van der Waals surface area contributed by atoms with E-state index in [-0.39, 0.29) is 52.0 Å². The summed E-state index contributed by atoms with van der Waals surface area (Å²) in [5.41, 5.74) is 1.17. The van der Waals surface area contributed by atoms with Crippen LogP contribution in [0, 0.1) is 6.92 Å². The van der Waals surface area contributed by atoms with Crippen LogP contribution in [0.4, 0.5) is 0 Å². The van der Waals surface area contributed by atoms with E-state index in [4.69, 9.17) is 4.74 Å². The van der Waals surface area contributed by atoms with E-state index in [2.05, 4.69) is 0 Å². The molecule has 0 spiro atoms. The minimum absolute atomic E-state index is 0.0220. The smallest absolute Gasteiger partial charge is 0.336 e.